The quantitative estimate of drug-likeness (QED) is 0.294. The maximum Gasteiger partial charge on any atom is 0.204 e. The molecule has 0 saturated carbocycles. The van der Waals surface area contributed by atoms with E-state index in [1.165, 1.54) is 18.4 Å². The molecule has 2 heterocycles. The highest BCUT2D eigenvalue weighted by Crippen LogP contribution is 2.46. The lowest BCUT2D eigenvalue weighted by molar-refractivity contribution is -0.268. The molecule has 168 valence electrons. The van der Waals surface area contributed by atoms with Crippen LogP contribution in [0.5, 0.6) is 17.2 Å². The molecule has 0 fully saturated rings. The topological polar surface area (TPSA) is 109 Å². The second kappa shape index (κ2) is 8.00. The highest BCUT2D eigenvalue weighted by Gasteiger charge is 2.34. The smallest absolute Gasteiger partial charge is 0.204 e. The monoisotopic (exact) mass is 438 g/mol. The Morgan fingerprint density at radius 3 is 2.56 bits per heavy atom. The first kappa shape index (κ1) is 21.9. The van der Waals surface area contributed by atoms with Crippen molar-refractivity contribution in [1.29, 1.82) is 0 Å². The van der Waals surface area contributed by atoms with Crippen LogP contribution in [0.25, 0.3) is 22.1 Å². The van der Waals surface area contributed by atoms with Crippen LogP contribution in [0.1, 0.15) is 38.3 Å². The molecule has 7 nitrogen and oxygen atoms in total. The van der Waals surface area contributed by atoms with Crippen molar-refractivity contribution in [2.75, 3.05) is 0 Å². The SMILES string of the molecule is C=C(C)C(Cc1c2c(c(O)c3c(=O)c(-c4ccc(O)cc4)coc13)CCC(C)(C)O2)OO. The molecule has 32 heavy (non-hydrogen) atoms. The first-order chi connectivity index (χ1) is 15.1. The highest BCUT2D eigenvalue weighted by molar-refractivity contribution is 5.93. The minimum atomic E-state index is -0.748. The number of rotatable bonds is 5. The predicted octanol–water partition coefficient (Wildman–Crippen LogP) is 4.95. The van der Waals surface area contributed by atoms with Crippen molar-refractivity contribution >= 4 is 11.0 Å². The first-order valence-corrected chi connectivity index (χ1v) is 10.4. The van der Waals surface area contributed by atoms with Gasteiger partial charge in [-0.15, -0.1) is 0 Å². The van der Waals surface area contributed by atoms with Gasteiger partial charge in [-0.1, -0.05) is 18.7 Å². The summed E-state index contributed by atoms with van der Waals surface area (Å²) in [7, 11) is 0. The molecule has 0 aliphatic carbocycles. The zero-order valence-corrected chi connectivity index (χ0v) is 18.3. The molecule has 0 radical (unpaired) electrons. The predicted molar refractivity (Wildman–Crippen MR) is 120 cm³/mol. The van der Waals surface area contributed by atoms with Crippen molar-refractivity contribution in [1.82, 2.24) is 0 Å². The third kappa shape index (κ3) is 3.74. The lowest BCUT2D eigenvalue weighted by Crippen LogP contribution is -2.34. The van der Waals surface area contributed by atoms with Gasteiger partial charge >= 0.3 is 0 Å². The van der Waals surface area contributed by atoms with Gasteiger partial charge in [0.25, 0.3) is 0 Å². The number of benzene rings is 2. The van der Waals surface area contributed by atoms with Gasteiger partial charge in [0.1, 0.15) is 46.2 Å². The molecule has 3 aromatic rings. The van der Waals surface area contributed by atoms with E-state index in [9.17, 15) is 20.3 Å². The van der Waals surface area contributed by atoms with Gasteiger partial charge in [0.2, 0.25) is 5.43 Å². The molecule has 4 rings (SSSR count). The Balaban J connectivity index is 2.02. The normalized spacial score (nSPS) is 15.8. The van der Waals surface area contributed by atoms with Crippen LogP contribution in [0.2, 0.25) is 0 Å². The number of phenolic OH excluding ortho intramolecular Hbond substituents is 2. The number of aromatic hydroxyl groups is 2. The zero-order chi connectivity index (χ0) is 23.2. The average molecular weight is 438 g/mol. The molecule has 1 unspecified atom stereocenters. The zero-order valence-electron chi connectivity index (χ0n) is 18.3. The van der Waals surface area contributed by atoms with E-state index in [1.54, 1.807) is 19.1 Å². The first-order valence-electron chi connectivity index (χ1n) is 10.4. The number of hydrogen-bond acceptors (Lipinski definition) is 7. The van der Waals surface area contributed by atoms with Crippen molar-refractivity contribution < 1.29 is 29.5 Å². The number of hydrogen-bond donors (Lipinski definition) is 3. The minimum Gasteiger partial charge on any atom is -0.508 e. The van der Waals surface area contributed by atoms with Crippen LogP contribution < -0.4 is 10.2 Å². The molecule has 0 amide bonds. The molecular weight excluding hydrogens is 412 g/mol. The van der Waals surface area contributed by atoms with Crippen LogP contribution >= 0.6 is 0 Å². The molecule has 2 aromatic carbocycles. The van der Waals surface area contributed by atoms with Crippen molar-refractivity contribution in [3.8, 4) is 28.4 Å². The van der Waals surface area contributed by atoms with E-state index in [0.29, 0.717) is 40.9 Å². The summed E-state index contributed by atoms with van der Waals surface area (Å²) >= 11 is 0. The van der Waals surface area contributed by atoms with E-state index in [0.717, 1.165) is 0 Å². The molecule has 3 N–H and O–H groups in total. The Morgan fingerprint density at radius 1 is 1.25 bits per heavy atom. The highest BCUT2D eigenvalue weighted by atomic mass is 17.1. The summed E-state index contributed by atoms with van der Waals surface area (Å²) in [5, 5.41) is 30.1. The van der Waals surface area contributed by atoms with E-state index in [2.05, 4.69) is 11.5 Å². The maximum atomic E-state index is 13.5. The minimum absolute atomic E-state index is 0.0473. The molecule has 1 aliphatic rings. The van der Waals surface area contributed by atoms with E-state index < -0.39 is 17.1 Å². The summed E-state index contributed by atoms with van der Waals surface area (Å²) < 4.78 is 12.1. The molecule has 1 atom stereocenters. The third-order valence-electron chi connectivity index (χ3n) is 5.94. The second-order valence-corrected chi connectivity index (χ2v) is 8.87. The maximum absolute atomic E-state index is 13.5. The van der Waals surface area contributed by atoms with Gasteiger partial charge in [-0.25, -0.2) is 4.89 Å². The Hall–Kier alpha value is -3.29. The summed E-state index contributed by atoms with van der Waals surface area (Å²) in [5.41, 5.74) is 1.74. The molecule has 0 bridgehead atoms. The molecular formula is C25H26O7. The van der Waals surface area contributed by atoms with Crippen LogP contribution in [0.4, 0.5) is 0 Å². The number of ether oxygens (including phenoxy) is 1. The molecule has 1 aliphatic heterocycles. The Kier molecular flexibility index (Phi) is 5.48. The van der Waals surface area contributed by atoms with Gasteiger partial charge in [-0.2, -0.15) is 0 Å². The molecule has 1 aromatic heterocycles. The van der Waals surface area contributed by atoms with E-state index in [4.69, 9.17) is 9.15 Å². The van der Waals surface area contributed by atoms with E-state index in [1.807, 2.05) is 13.8 Å². The van der Waals surface area contributed by atoms with Gasteiger partial charge in [-0.3, -0.25) is 10.1 Å². The summed E-state index contributed by atoms with van der Waals surface area (Å²) in [4.78, 5) is 18.1. The standard InChI is InChI=1S/C25H26O7/c1-13(2)19(32-29)11-17-23-16(9-10-25(3,4)31-23)21(27)20-22(28)18(12-30-24(17)20)14-5-7-15(26)8-6-14/h5-8,12,19,26-27,29H,1,9-11H2,2-4H3. The van der Waals surface area contributed by atoms with Crippen molar-refractivity contribution in [2.45, 2.75) is 51.7 Å². The van der Waals surface area contributed by atoms with E-state index in [-0.39, 0.29) is 34.5 Å². The fourth-order valence-corrected chi connectivity index (χ4v) is 4.07. The molecule has 0 spiro atoms. The fraction of sp³-hybridized carbons (Fsp3) is 0.320. The molecule has 7 heteroatoms. The summed E-state index contributed by atoms with van der Waals surface area (Å²) in [6, 6.07) is 6.16. The second-order valence-electron chi connectivity index (χ2n) is 8.87. The third-order valence-corrected chi connectivity index (χ3v) is 5.94. The van der Waals surface area contributed by atoms with Gasteiger partial charge in [0.05, 0.1) is 5.56 Å². The Morgan fingerprint density at radius 2 is 1.94 bits per heavy atom. The van der Waals surface area contributed by atoms with Crippen LogP contribution in [-0.4, -0.2) is 27.2 Å². The van der Waals surface area contributed by atoms with Crippen LogP contribution in [0, 0.1) is 0 Å². The Bertz CT molecular complexity index is 1250. The number of fused-ring (bicyclic) bond motifs is 2. The van der Waals surface area contributed by atoms with Crippen LogP contribution in [0.3, 0.4) is 0 Å². The fourth-order valence-electron chi connectivity index (χ4n) is 4.07. The van der Waals surface area contributed by atoms with Crippen LogP contribution in [-0.2, 0) is 17.7 Å². The molecule has 0 saturated heterocycles. The largest absolute Gasteiger partial charge is 0.508 e. The van der Waals surface area contributed by atoms with E-state index >= 15 is 0 Å². The van der Waals surface area contributed by atoms with Crippen molar-refractivity contribution in [2.24, 2.45) is 0 Å². The van der Waals surface area contributed by atoms with Gasteiger partial charge in [0.15, 0.2) is 0 Å². The summed E-state index contributed by atoms with van der Waals surface area (Å²) in [6.45, 7) is 9.47. The number of phenols is 2. The summed E-state index contributed by atoms with van der Waals surface area (Å²) in [6.07, 6.45) is 1.89. The Labute approximate surface area is 185 Å². The summed E-state index contributed by atoms with van der Waals surface area (Å²) in [5.74, 6) is 0.350. The van der Waals surface area contributed by atoms with Crippen molar-refractivity contribution in [3.63, 3.8) is 0 Å². The van der Waals surface area contributed by atoms with Crippen LogP contribution in [0.15, 0.2) is 51.9 Å². The van der Waals surface area contributed by atoms with Crippen molar-refractivity contribution in [3.05, 3.63) is 64.0 Å². The lowest BCUT2D eigenvalue weighted by Gasteiger charge is -2.35. The van der Waals surface area contributed by atoms with Gasteiger partial charge < -0.3 is 19.4 Å². The van der Waals surface area contributed by atoms with Gasteiger partial charge in [0, 0.05) is 17.5 Å². The lowest BCUT2D eigenvalue weighted by atomic mass is 9.88. The average Bonchev–Trinajstić information content (AvgIpc) is 2.73. The van der Waals surface area contributed by atoms with Gasteiger partial charge in [-0.05, 0) is 56.9 Å².